The normalized spacial score (nSPS) is 10.5. The second-order valence-electron chi connectivity index (χ2n) is 4.79. The number of aromatic nitrogens is 2. The molecule has 0 aliphatic heterocycles. The molecule has 0 radical (unpaired) electrons. The van der Waals surface area contributed by atoms with Crippen LogP contribution in [-0.4, -0.2) is 22.3 Å². The number of carbonyl (C=O) groups excluding carboxylic acids is 1. The molecule has 0 spiro atoms. The van der Waals surface area contributed by atoms with Crippen LogP contribution in [0, 0.1) is 18.3 Å². The monoisotopic (exact) mass is 318 g/mol. The van der Waals surface area contributed by atoms with Crippen molar-refractivity contribution in [2.75, 3.05) is 11.9 Å². The number of anilines is 1. The van der Waals surface area contributed by atoms with Crippen LogP contribution in [-0.2, 0) is 29.6 Å². The van der Waals surface area contributed by atoms with Gasteiger partial charge in [-0.25, -0.2) is 0 Å². The van der Waals surface area contributed by atoms with Crippen LogP contribution < -0.4 is 5.32 Å². The largest absolute Gasteiger partial charge is 0.365 e. The maximum Gasteiger partial charge on any atom is 0.251 e. The Hall–Kier alpha value is -2.17. The molecule has 116 valence electrons. The molecule has 0 aliphatic rings. The van der Waals surface area contributed by atoms with Crippen molar-refractivity contribution in [3.8, 4) is 6.07 Å². The molecule has 0 saturated carbocycles. The number of ether oxygens (including phenoxy) is 1. The predicted molar refractivity (Wildman–Crippen MR) is 84.6 cm³/mol. The van der Waals surface area contributed by atoms with E-state index in [1.807, 2.05) is 27.0 Å². The van der Waals surface area contributed by atoms with Crippen molar-refractivity contribution in [3.05, 3.63) is 34.0 Å². The highest BCUT2D eigenvalue weighted by Gasteiger charge is 2.16. The Kier molecular flexibility index (Phi) is 5.31. The van der Waals surface area contributed by atoms with Crippen molar-refractivity contribution in [2.45, 2.75) is 26.9 Å². The van der Waals surface area contributed by atoms with Crippen LogP contribution >= 0.6 is 11.3 Å². The molecule has 0 saturated heterocycles. The Bertz CT molecular complexity index is 712. The van der Waals surface area contributed by atoms with E-state index < -0.39 is 0 Å². The highest BCUT2D eigenvalue weighted by Crippen LogP contribution is 2.32. The molecule has 0 aliphatic carbocycles. The Morgan fingerprint density at radius 2 is 2.36 bits per heavy atom. The molecular weight excluding hydrogens is 300 g/mol. The number of carbonyl (C=O) groups is 1. The van der Waals surface area contributed by atoms with Gasteiger partial charge in [0.1, 0.15) is 17.7 Å². The Labute approximate surface area is 133 Å². The number of thiophene rings is 1. The van der Waals surface area contributed by atoms with Crippen molar-refractivity contribution >= 4 is 22.2 Å². The van der Waals surface area contributed by atoms with Crippen molar-refractivity contribution < 1.29 is 9.53 Å². The minimum Gasteiger partial charge on any atom is -0.365 e. The molecule has 6 nitrogen and oxygen atoms in total. The molecule has 0 fully saturated rings. The summed E-state index contributed by atoms with van der Waals surface area (Å²) in [6.45, 7) is 4.21. The van der Waals surface area contributed by atoms with Gasteiger partial charge in [-0.3, -0.25) is 9.48 Å². The summed E-state index contributed by atoms with van der Waals surface area (Å²) in [7, 11) is 1.82. The molecular formula is C15H18N4O2S. The summed E-state index contributed by atoms with van der Waals surface area (Å²) < 4.78 is 7.07. The van der Waals surface area contributed by atoms with Crippen LogP contribution in [0.4, 0.5) is 5.00 Å². The van der Waals surface area contributed by atoms with E-state index in [0.717, 1.165) is 22.6 Å². The van der Waals surface area contributed by atoms with Crippen molar-refractivity contribution in [2.24, 2.45) is 7.05 Å². The number of hydrogen-bond acceptors (Lipinski definition) is 5. The molecule has 2 aromatic rings. The van der Waals surface area contributed by atoms with Gasteiger partial charge >= 0.3 is 0 Å². The summed E-state index contributed by atoms with van der Waals surface area (Å²) in [4.78, 5) is 13.0. The van der Waals surface area contributed by atoms with Gasteiger partial charge in [-0.2, -0.15) is 10.4 Å². The molecule has 0 atom stereocenters. The average molecular weight is 318 g/mol. The maximum absolute atomic E-state index is 11.9. The SMILES string of the molecule is CCc1c(C)sc(NC(=O)COCc2ccnn2C)c1C#N. The van der Waals surface area contributed by atoms with Gasteiger partial charge in [-0.1, -0.05) is 6.92 Å². The molecule has 1 amide bonds. The van der Waals surface area contributed by atoms with Crippen molar-refractivity contribution in [3.63, 3.8) is 0 Å². The fourth-order valence-electron chi connectivity index (χ4n) is 2.16. The number of aryl methyl sites for hydroxylation is 2. The zero-order valence-electron chi connectivity index (χ0n) is 12.8. The zero-order valence-corrected chi connectivity index (χ0v) is 13.7. The van der Waals surface area contributed by atoms with E-state index in [1.54, 1.807) is 10.9 Å². The first kappa shape index (κ1) is 16.2. The third-order valence-electron chi connectivity index (χ3n) is 3.33. The molecule has 1 N–H and O–H groups in total. The van der Waals surface area contributed by atoms with Gasteiger partial charge in [0.25, 0.3) is 5.91 Å². The van der Waals surface area contributed by atoms with Gasteiger partial charge in [0.05, 0.1) is 17.9 Å². The average Bonchev–Trinajstić information content (AvgIpc) is 3.02. The van der Waals surface area contributed by atoms with E-state index in [0.29, 0.717) is 17.2 Å². The van der Waals surface area contributed by atoms with Crippen LogP contribution in [0.3, 0.4) is 0 Å². The van der Waals surface area contributed by atoms with Crippen molar-refractivity contribution in [1.82, 2.24) is 9.78 Å². The van der Waals surface area contributed by atoms with E-state index in [1.165, 1.54) is 11.3 Å². The van der Waals surface area contributed by atoms with E-state index in [-0.39, 0.29) is 12.5 Å². The van der Waals surface area contributed by atoms with Crippen LogP contribution in [0.1, 0.15) is 28.6 Å². The molecule has 0 aromatic carbocycles. The number of nitrogens with one attached hydrogen (secondary N) is 1. The number of nitriles is 1. The molecule has 22 heavy (non-hydrogen) atoms. The van der Waals surface area contributed by atoms with Crippen LogP contribution in [0.5, 0.6) is 0 Å². The Morgan fingerprint density at radius 1 is 1.59 bits per heavy atom. The standard InChI is InChI=1S/C15H18N4O2S/c1-4-12-10(2)22-15(13(12)7-16)18-14(20)9-21-8-11-5-6-17-19(11)3/h5-6H,4,8-9H2,1-3H3,(H,18,20). The van der Waals surface area contributed by atoms with Crippen LogP contribution in [0.25, 0.3) is 0 Å². The summed E-state index contributed by atoms with van der Waals surface area (Å²) in [5.41, 5.74) is 2.45. The van der Waals surface area contributed by atoms with E-state index in [4.69, 9.17) is 4.74 Å². The minimum absolute atomic E-state index is 0.0611. The lowest BCUT2D eigenvalue weighted by Crippen LogP contribution is -2.18. The summed E-state index contributed by atoms with van der Waals surface area (Å²) in [5, 5.41) is 16.6. The fraction of sp³-hybridized carbons (Fsp3) is 0.400. The van der Waals surface area contributed by atoms with Gasteiger partial charge in [-0.15, -0.1) is 11.3 Å². The third-order valence-corrected chi connectivity index (χ3v) is 4.40. The number of nitrogens with zero attached hydrogens (tertiary/aromatic N) is 3. The van der Waals surface area contributed by atoms with Gasteiger partial charge in [0.15, 0.2) is 0 Å². The first-order valence-corrected chi connectivity index (χ1v) is 7.75. The van der Waals surface area contributed by atoms with E-state index in [2.05, 4.69) is 16.5 Å². The smallest absolute Gasteiger partial charge is 0.251 e. The molecule has 2 rings (SSSR count). The van der Waals surface area contributed by atoms with Crippen molar-refractivity contribution in [1.29, 1.82) is 5.26 Å². The quantitative estimate of drug-likeness (QED) is 0.887. The number of rotatable bonds is 6. The van der Waals surface area contributed by atoms with Gasteiger partial charge in [0.2, 0.25) is 0 Å². The summed E-state index contributed by atoms with van der Waals surface area (Å²) >= 11 is 1.43. The summed E-state index contributed by atoms with van der Waals surface area (Å²) in [5.74, 6) is -0.262. The Balaban J connectivity index is 1.93. The first-order valence-electron chi connectivity index (χ1n) is 6.93. The summed E-state index contributed by atoms with van der Waals surface area (Å²) in [6.07, 6.45) is 2.46. The number of amides is 1. The third kappa shape index (κ3) is 3.53. The number of hydrogen-bond donors (Lipinski definition) is 1. The maximum atomic E-state index is 11.9. The molecule has 0 unspecified atom stereocenters. The Morgan fingerprint density at radius 3 is 2.95 bits per heavy atom. The lowest BCUT2D eigenvalue weighted by molar-refractivity contribution is -0.121. The van der Waals surface area contributed by atoms with Crippen LogP contribution in [0.15, 0.2) is 12.3 Å². The van der Waals surface area contributed by atoms with Gasteiger partial charge in [-0.05, 0) is 25.0 Å². The molecule has 0 bridgehead atoms. The highest BCUT2D eigenvalue weighted by molar-refractivity contribution is 7.16. The first-order chi connectivity index (χ1) is 10.6. The second kappa shape index (κ2) is 7.20. The zero-order chi connectivity index (χ0) is 16.1. The van der Waals surface area contributed by atoms with Gasteiger partial charge in [0, 0.05) is 18.1 Å². The lowest BCUT2D eigenvalue weighted by atomic mass is 10.1. The van der Waals surface area contributed by atoms with E-state index in [9.17, 15) is 10.1 Å². The fourth-order valence-corrected chi connectivity index (χ4v) is 3.28. The van der Waals surface area contributed by atoms with Crippen LogP contribution in [0.2, 0.25) is 0 Å². The highest BCUT2D eigenvalue weighted by atomic mass is 32.1. The van der Waals surface area contributed by atoms with E-state index >= 15 is 0 Å². The molecule has 2 aromatic heterocycles. The minimum atomic E-state index is -0.262. The predicted octanol–water partition coefficient (Wildman–Crippen LogP) is 2.38. The second-order valence-corrected chi connectivity index (χ2v) is 6.02. The van der Waals surface area contributed by atoms with Gasteiger partial charge < -0.3 is 10.1 Å². The lowest BCUT2D eigenvalue weighted by Gasteiger charge is -2.05. The topological polar surface area (TPSA) is 79.9 Å². The summed E-state index contributed by atoms with van der Waals surface area (Å²) in [6, 6.07) is 4.01. The molecule has 2 heterocycles. The molecule has 7 heteroatoms.